The highest BCUT2D eigenvalue weighted by Crippen LogP contribution is 2.24. The summed E-state index contributed by atoms with van der Waals surface area (Å²) in [6, 6.07) is 12.1. The molecular weight excluding hydrogens is 256 g/mol. The molecule has 0 unspecified atom stereocenters. The fraction of sp³-hybridized carbons (Fsp3) is 0. The molecule has 1 heterocycles. The van der Waals surface area contributed by atoms with E-state index >= 15 is 0 Å². The van der Waals surface area contributed by atoms with Gasteiger partial charge in [0, 0.05) is 0 Å². The molecule has 0 bridgehead atoms. The number of nitrogens with one attached hydrogen (secondary N) is 2. The summed E-state index contributed by atoms with van der Waals surface area (Å²) in [7, 11) is 0. The number of hydrogen-bond acceptors (Lipinski definition) is 5. The molecule has 3 rings (SSSR count). The standard InChI is InChI=1S/C14H12N4O2/c19-12-6-5-9(7-13(12)20)8-15-18-14-16-10-3-1-2-4-11(10)17-14/h1-8,19-20H,(H2,16,17,18). The van der Waals surface area contributed by atoms with E-state index in [4.69, 9.17) is 0 Å². The lowest BCUT2D eigenvalue weighted by molar-refractivity contribution is 0.403. The van der Waals surface area contributed by atoms with Crippen LogP contribution >= 0.6 is 0 Å². The van der Waals surface area contributed by atoms with Crippen LogP contribution < -0.4 is 5.43 Å². The maximum absolute atomic E-state index is 9.36. The Morgan fingerprint density at radius 2 is 1.95 bits per heavy atom. The quantitative estimate of drug-likeness (QED) is 0.333. The monoisotopic (exact) mass is 268 g/mol. The van der Waals surface area contributed by atoms with Crippen molar-refractivity contribution in [3.63, 3.8) is 0 Å². The first-order chi connectivity index (χ1) is 9.72. The lowest BCUT2D eigenvalue weighted by Crippen LogP contribution is -1.92. The number of hydrazone groups is 1. The Hall–Kier alpha value is -3.02. The first-order valence-electron chi connectivity index (χ1n) is 5.98. The van der Waals surface area contributed by atoms with E-state index in [1.54, 1.807) is 6.07 Å². The van der Waals surface area contributed by atoms with Crippen molar-refractivity contribution in [1.82, 2.24) is 9.97 Å². The van der Waals surface area contributed by atoms with Crippen LogP contribution in [0.5, 0.6) is 11.5 Å². The van der Waals surface area contributed by atoms with Crippen LogP contribution in [0.25, 0.3) is 11.0 Å². The smallest absolute Gasteiger partial charge is 0.222 e. The molecule has 6 nitrogen and oxygen atoms in total. The summed E-state index contributed by atoms with van der Waals surface area (Å²) >= 11 is 0. The number of phenols is 2. The number of nitrogens with zero attached hydrogens (tertiary/aromatic N) is 2. The number of imidazole rings is 1. The summed E-state index contributed by atoms with van der Waals surface area (Å²) in [4.78, 5) is 7.38. The molecule has 0 saturated carbocycles. The SMILES string of the molecule is Oc1ccc(C=NNc2nc3ccccc3[nH]2)cc1O. The number of benzene rings is 2. The number of rotatable bonds is 3. The number of anilines is 1. The van der Waals surface area contributed by atoms with Crippen LogP contribution in [0.15, 0.2) is 47.6 Å². The minimum absolute atomic E-state index is 0.160. The lowest BCUT2D eigenvalue weighted by Gasteiger charge is -1.98. The third kappa shape index (κ3) is 2.39. The lowest BCUT2D eigenvalue weighted by atomic mass is 10.2. The van der Waals surface area contributed by atoms with Gasteiger partial charge in [-0.1, -0.05) is 12.1 Å². The molecule has 0 amide bonds. The molecule has 0 fully saturated rings. The number of fused-ring (bicyclic) bond motifs is 1. The van der Waals surface area contributed by atoms with Gasteiger partial charge >= 0.3 is 0 Å². The zero-order valence-corrected chi connectivity index (χ0v) is 10.4. The first-order valence-corrected chi connectivity index (χ1v) is 5.98. The van der Waals surface area contributed by atoms with Crippen molar-refractivity contribution in [3.8, 4) is 11.5 Å². The summed E-state index contributed by atoms with van der Waals surface area (Å²) in [6.07, 6.45) is 1.52. The second-order valence-corrected chi connectivity index (χ2v) is 4.22. The summed E-state index contributed by atoms with van der Waals surface area (Å²) < 4.78 is 0. The van der Waals surface area contributed by atoms with E-state index in [-0.39, 0.29) is 11.5 Å². The van der Waals surface area contributed by atoms with Crippen LogP contribution in [0.2, 0.25) is 0 Å². The van der Waals surface area contributed by atoms with Crippen molar-refractivity contribution in [2.75, 3.05) is 5.43 Å². The Morgan fingerprint density at radius 3 is 2.75 bits per heavy atom. The van der Waals surface area contributed by atoms with Gasteiger partial charge in [-0.2, -0.15) is 5.10 Å². The molecule has 0 spiro atoms. The summed E-state index contributed by atoms with van der Waals surface area (Å²) in [6.45, 7) is 0. The van der Waals surface area contributed by atoms with E-state index in [0.717, 1.165) is 11.0 Å². The zero-order chi connectivity index (χ0) is 13.9. The maximum Gasteiger partial charge on any atom is 0.222 e. The van der Waals surface area contributed by atoms with Crippen molar-refractivity contribution >= 4 is 23.2 Å². The van der Waals surface area contributed by atoms with Crippen LogP contribution in [0, 0.1) is 0 Å². The van der Waals surface area contributed by atoms with Crippen molar-refractivity contribution in [1.29, 1.82) is 0 Å². The Balaban J connectivity index is 1.75. The Bertz CT molecular complexity index is 747. The van der Waals surface area contributed by atoms with E-state index in [1.165, 1.54) is 18.3 Å². The first kappa shape index (κ1) is 12.0. The Kier molecular flexibility index (Phi) is 2.96. The van der Waals surface area contributed by atoms with Crippen LogP contribution in [-0.4, -0.2) is 26.4 Å². The van der Waals surface area contributed by atoms with Crippen LogP contribution in [0.4, 0.5) is 5.95 Å². The second kappa shape index (κ2) is 4.93. The summed E-state index contributed by atoms with van der Waals surface area (Å²) in [5.41, 5.74) is 5.21. The topological polar surface area (TPSA) is 93.5 Å². The van der Waals surface area contributed by atoms with Gasteiger partial charge in [-0.05, 0) is 35.9 Å². The minimum Gasteiger partial charge on any atom is -0.504 e. The molecule has 6 heteroatoms. The fourth-order valence-electron chi connectivity index (χ4n) is 1.79. The minimum atomic E-state index is -0.183. The molecule has 100 valence electrons. The molecule has 0 radical (unpaired) electrons. The number of H-pyrrole nitrogens is 1. The molecule has 0 aliphatic heterocycles. The van der Waals surface area contributed by atoms with Crippen LogP contribution in [0.1, 0.15) is 5.56 Å². The predicted molar refractivity (Wildman–Crippen MR) is 77.1 cm³/mol. The van der Waals surface area contributed by atoms with Gasteiger partial charge in [0.15, 0.2) is 11.5 Å². The van der Waals surface area contributed by atoms with Gasteiger partial charge in [-0.25, -0.2) is 10.4 Å². The predicted octanol–water partition coefficient (Wildman–Crippen LogP) is 2.42. The molecule has 0 saturated heterocycles. The number of hydrogen-bond donors (Lipinski definition) is 4. The Morgan fingerprint density at radius 1 is 1.10 bits per heavy atom. The highest BCUT2D eigenvalue weighted by molar-refractivity contribution is 5.82. The van der Waals surface area contributed by atoms with E-state index in [1.807, 2.05) is 24.3 Å². The number of aromatic nitrogens is 2. The van der Waals surface area contributed by atoms with E-state index in [2.05, 4.69) is 20.5 Å². The van der Waals surface area contributed by atoms with E-state index in [0.29, 0.717) is 11.5 Å². The Labute approximate surface area is 114 Å². The van der Waals surface area contributed by atoms with Gasteiger partial charge in [-0.3, -0.25) is 0 Å². The molecule has 2 aromatic carbocycles. The molecule has 1 aromatic heterocycles. The average Bonchev–Trinajstić information content (AvgIpc) is 2.85. The van der Waals surface area contributed by atoms with Crippen LogP contribution in [0.3, 0.4) is 0 Å². The number of para-hydroxylation sites is 2. The van der Waals surface area contributed by atoms with Crippen molar-refractivity contribution in [3.05, 3.63) is 48.0 Å². The molecule has 20 heavy (non-hydrogen) atoms. The number of phenolic OH excluding ortho intramolecular Hbond substituents is 2. The maximum atomic E-state index is 9.36. The molecule has 4 N–H and O–H groups in total. The molecular formula is C14H12N4O2. The molecule has 0 aliphatic carbocycles. The zero-order valence-electron chi connectivity index (χ0n) is 10.4. The largest absolute Gasteiger partial charge is 0.504 e. The second-order valence-electron chi connectivity index (χ2n) is 4.22. The summed E-state index contributed by atoms with van der Waals surface area (Å²) in [5.74, 6) is 0.190. The summed E-state index contributed by atoms with van der Waals surface area (Å²) in [5, 5.41) is 22.6. The third-order valence-electron chi connectivity index (χ3n) is 2.77. The van der Waals surface area contributed by atoms with Crippen LogP contribution in [-0.2, 0) is 0 Å². The highest BCUT2D eigenvalue weighted by Gasteiger charge is 2.00. The number of aromatic hydroxyl groups is 2. The van der Waals surface area contributed by atoms with Gasteiger partial charge in [0.1, 0.15) is 0 Å². The normalized spacial score (nSPS) is 11.2. The van der Waals surface area contributed by atoms with Crippen molar-refractivity contribution in [2.45, 2.75) is 0 Å². The fourth-order valence-corrected chi connectivity index (χ4v) is 1.79. The van der Waals surface area contributed by atoms with Gasteiger partial charge in [0.2, 0.25) is 5.95 Å². The molecule has 3 aromatic rings. The number of aromatic amines is 1. The van der Waals surface area contributed by atoms with Gasteiger partial charge in [-0.15, -0.1) is 0 Å². The third-order valence-corrected chi connectivity index (χ3v) is 2.77. The molecule has 0 atom stereocenters. The van der Waals surface area contributed by atoms with Gasteiger partial charge < -0.3 is 15.2 Å². The van der Waals surface area contributed by atoms with Crippen molar-refractivity contribution in [2.24, 2.45) is 5.10 Å². The highest BCUT2D eigenvalue weighted by atomic mass is 16.3. The van der Waals surface area contributed by atoms with Gasteiger partial charge in [0.05, 0.1) is 17.2 Å². The average molecular weight is 268 g/mol. The van der Waals surface area contributed by atoms with Crippen molar-refractivity contribution < 1.29 is 10.2 Å². The van der Waals surface area contributed by atoms with E-state index < -0.39 is 0 Å². The van der Waals surface area contributed by atoms with Gasteiger partial charge in [0.25, 0.3) is 0 Å². The van der Waals surface area contributed by atoms with E-state index in [9.17, 15) is 10.2 Å². The molecule has 0 aliphatic rings.